The molecule has 0 aromatic carbocycles. The van der Waals surface area contributed by atoms with Crippen LogP contribution in [0.25, 0.3) is 0 Å². The molecule has 1 heterocycles. The molecule has 116 valence electrons. The van der Waals surface area contributed by atoms with E-state index in [1.54, 1.807) is 0 Å². The second-order valence-corrected chi connectivity index (χ2v) is 7.65. The molecule has 2 nitrogen and oxygen atoms in total. The number of rotatable bonds is 4. The summed E-state index contributed by atoms with van der Waals surface area (Å²) in [4.78, 5) is 2.79. The molecule has 2 saturated carbocycles. The lowest BCUT2D eigenvalue weighted by Crippen LogP contribution is -2.49. The minimum atomic E-state index is 0.746. The Morgan fingerprint density at radius 1 is 0.900 bits per heavy atom. The van der Waals surface area contributed by atoms with E-state index in [1.807, 2.05) is 0 Å². The predicted molar refractivity (Wildman–Crippen MR) is 85.9 cm³/mol. The summed E-state index contributed by atoms with van der Waals surface area (Å²) in [5, 5.41) is 3.65. The van der Waals surface area contributed by atoms with Crippen molar-refractivity contribution >= 4 is 0 Å². The Hall–Kier alpha value is -0.0800. The molecule has 3 rings (SSSR count). The van der Waals surface area contributed by atoms with Gasteiger partial charge in [-0.15, -0.1) is 0 Å². The van der Waals surface area contributed by atoms with Gasteiger partial charge in [0.1, 0.15) is 0 Å². The molecule has 0 aromatic rings. The van der Waals surface area contributed by atoms with Crippen molar-refractivity contribution in [2.75, 3.05) is 26.7 Å². The fraction of sp³-hybridized carbons (Fsp3) is 1.00. The van der Waals surface area contributed by atoms with Crippen LogP contribution >= 0.6 is 0 Å². The fourth-order valence-corrected chi connectivity index (χ4v) is 5.13. The largest absolute Gasteiger partial charge is 0.315 e. The van der Waals surface area contributed by atoms with Crippen LogP contribution in [-0.4, -0.2) is 37.6 Å². The van der Waals surface area contributed by atoms with E-state index >= 15 is 0 Å². The van der Waals surface area contributed by atoms with Gasteiger partial charge in [0.2, 0.25) is 0 Å². The Kier molecular flexibility index (Phi) is 5.39. The first kappa shape index (κ1) is 14.8. The molecule has 3 atom stereocenters. The summed E-state index contributed by atoms with van der Waals surface area (Å²) < 4.78 is 0. The van der Waals surface area contributed by atoms with Crippen molar-refractivity contribution in [3.8, 4) is 0 Å². The molecule has 1 aliphatic heterocycles. The fourth-order valence-electron chi connectivity index (χ4n) is 5.13. The van der Waals surface area contributed by atoms with Gasteiger partial charge in [-0.05, 0) is 57.0 Å². The minimum Gasteiger partial charge on any atom is -0.315 e. The quantitative estimate of drug-likeness (QED) is 0.844. The van der Waals surface area contributed by atoms with Crippen molar-refractivity contribution in [3.05, 3.63) is 0 Å². The summed E-state index contributed by atoms with van der Waals surface area (Å²) in [5.74, 6) is 3.04. The summed E-state index contributed by atoms with van der Waals surface area (Å²) in [6.07, 6.45) is 14.8. The average Bonchev–Trinajstić information content (AvgIpc) is 2.53. The van der Waals surface area contributed by atoms with Gasteiger partial charge in [0.25, 0.3) is 0 Å². The molecular weight excluding hydrogens is 244 g/mol. The monoisotopic (exact) mass is 278 g/mol. The third-order valence-electron chi connectivity index (χ3n) is 6.42. The number of hydrogen-bond acceptors (Lipinski definition) is 2. The van der Waals surface area contributed by atoms with Crippen molar-refractivity contribution in [1.82, 2.24) is 10.2 Å². The van der Waals surface area contributed by atoms with E-state index < -0.39 is 0 Å². The van der Waals surface area contributed by atoms with Crippen LogP contribution in [0.15, 0.2) is 0 Å². The van der Waals surface area contributed by atoms with Crippen LogP contribution in [0.4, 0.5) is 0 Å². The molecule has 0 spiro atoms. The van der Waals surface area contributed by atoms with Gasteiger partial charge in [0, 0.05) is 19.1 Å². The van der Waals surface area contributed by atoms with E-state index in [0.717, 1.165) is 23.8 Å². The highest BCUT2D eigenvalue weighted by Gasteiger charge is 2.32. The normalized spacial score (nSPS) is 34.6. The molecular formula is C18H34N2. The lowest BCUT2D eigenvalue weighted by atomic mass is 9.75. The SMILES string of the molecule is CNC(CN1CCC2CCCCC2C1)C1CCCCC1. The molecule has 3 aliphatic rings. The Balaban J connectivity index is 1.50. The molecule has 0 radical (unpaired) electrons. The third kappa shape index (κ3) is 3.57. The van der Waals surface area contributed by atoms with Crippen LogP contribution in [0.2, 0.25) is 0 Å². The first-order chi connectivity index (χ1) is 9.86. The Bertz CT molecular complexity index is 285. The van der Waals surface area contributed by atoms with Gasteiger partial charge in [-0.3, -0.25) is 0 Å². The van der Waals surface area contributed by atoms with Crippen LogP contribution in [0.5, 0.6) is 0 Å². The molecule has 3 unspecified atom stereocenters. The smallest absolute Gasteiger partial charge is 0.0220 e. The molecule has 2 aliphatic carbocycles. The predicted octanol–water partition coefficient (Wildman–Crippen LogP) is 3.67. The molecule has 20 heavy (non-hydrogen) atoms. The van der Waals surface area contributed by atoms with E-state index in [4.69, 9.17) is 0 Å². The van der Waals surface area contributed by atoms with Gasteiger partial charge in [-0.25, -0.2) is 0 Å². The maximum absolute atomic E-state index is 3.65. The Labute approximate surface area is 125 Å². The summed E-state index contributed by atoms with van der Waals surface area (Å²) >= 11 is 0. The Morgan fingerprint density at radius 2 is 1.60 bits per heavy atom. The number of fused-ring (bicyclic) bond motifs is 1. The van der Waals surface area contributed by atoms with E-state index in [1.165, 1.54) is 83.8 Å². The van der Waals surface area contributed by atoms with Crippen LogP contribution in [-0.2, 0) is 0 Å². The van der Waals surface area contributed by atoms with Crippen LogP contribution in [0.1, 0.15) is 64.2 Å². The third-order valence-corrected chi connectivity index (χ3v) is 6.42. The van der Waals surface area contributed by atoms with Gasteiger partial charge in [0.15, 0.2) is 0 Å². The Morgan fingerprint density at radius 3 is 2.35 bits per heavy atom. The van der Waals surface area contributed by atoms with Gasteiger partial charge in [0.05, 0.1) is 0 Å². The average molecular weight is 278 g/mol. The molecule has 1 saturated heterocycles. The first-order valence-corrected chi connectivity index (χ1v) is 9.26. The zero-order valence-corrected chi connectivity index (χ0v) is 13.4. The topological polar surface area (TPSA) is 15.3 Å². The first-order valence-electron chi connectivity index (χ1n) is 9.26. The lowest BCUT2D eigenvalue weighted by molar-refractivity contribution is 0.0716. The highest BCUT2D eigenvalue weighted by atomic mass is 15.2. The molecule has 0 bridgehead atoms. The van der Waals surface area contributed by atoms with Crippen molar-refractivity contribution in [2.45, 2.75) is 70.3 Å². The minimum absolute atomic E-state index is 0.746. The van der Waals surface area contributed by atoms with Crippen molar-refractivity contribution in [3.63, 3.8) is 0 Å². The molecule has 0 aromatic heterocycles. The number of likely N-dealkylation sites (N-methyl/N-ethyl adjacent to an activating group) is 1. The van der Waals surface area contributed by atoms with Crippen molar-refractivity contribution < 1.29 is 0 Å². The van der Waals surface area contributed by atoms with E-state index in [-0.39, 0.29) is 0 Å². The highest BCUT2D eigenvalue weighted by molar-refractivity contribution is 4.87. The van der Waals surface area contributed by atoms with Gasteiger partial charge >= 0.3 is 0 Å². The van der Waals surface area contributed by atoms with E-state index in [9.17, 15) is 0 Å². The zero-order chi connectivity index (χ0) is 13.8. The summed E-state index contributed by atoms with van der Waals surface area (Å²) in [5.41, 5.74) is 0. The van der Waals surface area contributed by atoms with E-state index in [0.29, 0.717) is 0 Å². The molecule has 2 heteroatoms. The zero-order valence-electron chi connectivity index (χ0n) is 13.4. The second-order valence-electron chi connectivity index (χ2n) is 7.65. The summed E-state index contributed by atoms with van der Waals surface area (Å²) in [6, 6.07) is 0.746. The maximum atomic E-state index is 3.65. The number of nitrogens with zero attached hydrogens (tertiary/aromatic N) is 1. The standard InChI is InChI=1S/C18H34N2/c1-19-18(16-8-3-2-4-9-16)14-20-12-11-15-7-5-6-10-17(15)13-20/h15-19H,2-14H2,1H3. The van der Waals surface area contributed by atoms with Gasteiger partial charge in [-0.1, -0.05) is 38.5 Å². The molecule has 1 N–H and O–H groups in total. The van der Waals surface area contributed by atoms with Crippen molar-refractivity contribution in [2.24, 2.45) is 17.8 Å². The van der Waals surface area contributed by atoms with Crippen LogP contribution in [0, 0.1) is 17.8 Å². The van der Waals surface area contributed by atoms with Crippen molar-refractivity contribution in [1.29, 1.82) is 0 Å². The second kappa shape index (κ2) is 7.26. The van der Waals surface area contributed by atoms with E-state index in [2.05, 4.69) is 17.3 Å². The number of hydrogen-bond donors (Lipinski definition) is 1. The summed E-state index contributed by atoms with van der Waals surface area (Å²) in [6.45, 7) is 4.08. The molecule has 0 amide bonds. The number of nitrogens with one attached hydrogen (secondary N) is 1. The highest BCUT2D eigenvalue weighted by Crippen LogP contribution is 2.36. The maximum Gasteiger partial charge on any atom is 0.0220 e. The number of piperidine rings is 1. The lowest BCUT2D eigenvalue weighted by Gasteiger charge is -2.43. The van der Waals surface area contributed by atoms with Gasteiger partial charge < -0.3 is 10.2 Å². The molecule has 3 fully saturated rings. The van der Waals surface area contributed by atoms with Crippen LogP contribution in [0.3, 0.4) is 0 Å². The summed E-state index contributed by atoms with van der Waals surface area (Å²) in [7, 11) is 2.19. The number of likely N-dealkylation sites (tertiary alicyclic amines) is 1. The van der Waals surface area contributed by atoms with Gasteiger partial charge in [-0.2, -0.15) is 0 Å². The van der Waals surface area contributed by atoms with Crippen LogP contribution < -0.4 is 5.32 Å².